The molecule has 0 bridgehead atoms. The lowest BCUT2D eigenvalue weighted by molar-refractivity contribution is 0.00525. The zero-order valence-electron chi connectivity index (χ0n) is 9.86. The summed E-state index contributed by atoms with van der Waals surface area (Å²) in [5, 5.41) is 10.4. The Kier molecular flexibility index (Phi) is 2.91. The highest BCUT2D eigenvalue weighted by molar-refractivity contribution is 5.43. The SMILES string of the molecule is CC(C)c1ccc2c(c1)C(O)(CN)CCO2. The Hall–Kier alpha value is -1.06. The average Bonchev–Trinajstić information content (AvgIpc) is 2.29. The molecule has 1 aliphatic heterocycles. The van der Waals surface area contributed by atoms with Gasteiger partial charge >= 0.3 is 0 Å². The first-order chi connectivity index (χ1) is 7.57. The normalized spacial score (nSPS) is 24.1. The van der Waals surface area contributed by atoms with E-state index in [4.69, 9.17) is 10.5 Å². The Balaban J connectivity index is 2.49. The van der Waals surface area contributed by atoms with Crippen molar-refractivity contribution in [1.29, 1.82) is 0 Å². The molecular formula is C13H19NO2. The van der Waals surface area contributed by atoms with Crippen LogP contribution in [0, 0.1) is 0 Å². The number of aliphatic hydroxyl groups is 1. The van der Waals surface area contributed by atoms with Gasteiger partial charge in [-0.05, 0) is 23.6 Å². The topological polar surface area (TPSA) is 55.5 Å². The van der Waals surface area contributed by atoms with Crippen molar-refractivity contribution in [1.82, 2.24) is 0 Å². The van der Waals surface area contributed by atoms with E-state index >= 15 is 0 Å². The van der Waals surface area contributed by atoms with Gasteiger partial charge in [0.1, 0.15) is 11.4 Å². The van der Waals surface area contributed by atoms with Gasteiger partial charge in [-0.3, -0.25) is 0 Å². The Morgan fingerprint density at radius 3 is 2.88 bits per heavy atom. The lowest BCUT2D eigenvalue weighted by Crippen LogP contribution is -2.39. The summed E-state index contributed by atoms with van der Waals surface area (Å²) in [7, 11) is 0. The van der Waals surface area contributed by atoms with E-state index in [9.17, 15) is 5.11 Å². The molecule has 0 fully saturated rings. The summed E-state index contributed by atoms with van der Waals surface area (Å²) < 4.78 is 5.54. The number of rotatable bonds is 2. The van der Waals surface area contributed by atoms with Crippen LogP contribution in [0.2, 0.25) is 0 Å². The van der Waals surface area contributed by atoms with Crippen LogP contribution in [-0.4, -0.2) is 18.3 Å². The van der Waals surface area contributed by atoms with Crippen molar-refractivity contribution < 1.29 is 9.84 Å². The fraction of sp³-hybridized carbons (Fsp3) is 0.538. The third-order valence-electron chi connectivity index (χ3n) is 3.28. The van der Waals surface area contributed by atoms with E-state index in [1.807, 2.05) is 18.2 Å². The van der Waals surface area contributed by atoms with Gasteiger partial charge in [0.05, 0.1) is 6.61 Å². The van der Waals surface area contributed by atoms with Crippen molar-refractivity contribution in [2.75, 3.05) is 13.2 Å². The highest BCUT2D eigenvalue weighted by atomic mass is 16.5. The first-order valence-corrected chi connectivity index (χ1v) is 5.76. The van der Waals surface area contributed by atoms with Gasteiger partial charge in [-0.2, -0.15) is 0 Å². The fourth-order valence-electron chi connectivity index (χ4n) is 2.07. The van der Waals surface area contributed by atoms with Crippen LogP contribution in [0.15, 0.2) is 18.2 Å². The van der Waals surface area contributed by atoms with E-state index in [1.54, 1.807) is 0 Å². The molecule has 3 nitrogen and oxygen atoms in total. The number of ether oxygens (including phenoxy) is 1. The number of fused-ring (bicyclic) bond motifs is 1. The monoisotopic (exact) mass is 221 g/mol. The van der Waals surface area contributed by atoms with Crippen LogP contribution in [0.5, 0.6) is 5.75 Å². The quantitative estimate of drug-likeness (QED) is 0.799. The van der Waals surface area contributed by atoms with Gasteiger partial charge < -0.3 is 15.6 Å². The third-order valence-corrected chi connectivity index (χ3v) is 3.28. The van der Waals surface area contributed by atoms with Crippen molar-refractivity contribution >= 4 is 0 Å². The van der Waals surface area contributed by atoms with E-state index in [2.05, 4.69) is 13.8 Å². The van der Waals surface area contributed by atoms with Crippen molar-refractivity contribution in [3.8, 4) is 5.75 Å². The zero-order chi connectivity index (χ0) is 11.8. The highest BCUT2D eigenvalue weighted by Gasteiger charge is 2.34. The predicted octanol–water partition coefficient (Wildman–Crippen LogP) is 1.74. The minimum atomic E-state index is -0.918. The summed E-state index contributed by atoms with van der Waals surface area (Å²) in [6.07, 6.45) is 0.568. The molecule has 1 aromatic rings. The Labute approximate surface area is 96.2 Å². The predicted molar refractivity (Wildman–Crippen MR) is 63.6 cm³/mol. The van der Waals surface area contributed by atoms with Gasteiger partial charge in [-0.15, -0.1) is 0 Å². The van der Waals surface area contributed by atoms with Crippen LogP contribution in [0.25, 0.3) is 0 Å². The third kappa shape index (κ3) is 1.81. The van der Waals surface area contributed by atoms with Crippen LogP contribution in [0.4, 0.5) is 0 Å². The summed E-state index contributed by atoms with van der Waals surface area (Å²) in [6, 6.07) is 6.00. The second-order valence-corrected chi connectivity index (χ2v) is 4.74. The van der Waals surface area contributed by atoms with E-state index in [1.165, 1.54) is 5.56 Å². The smallest absolute Gasteiger partial charge is 0.125 e. The largest absolute Gasteiger partial charge is 0.493 e. The number of hydrogen-bond donors (Lipinski definition) is 2. The minimum absolute atomic E-state index is 0.241. The van der Waals surface area contributed by atoms with Crippen molar-refractivity contribution in [2.24, 2.45) is 5.73 Å². The molecule has 0 saturated heterocycles. The second kappa shape index (κ2) is 4.07. The molecule has 16 heavy (non-hydrogen) atoms. The van der Waals surface area contributed by atoms with Crippen LogP contribution >= 0.6 is 0 Å². The van der Waals surface area contributed by atoms with Crippen LogP contribution < -0.4 is 10.5 Å². The van der Waals surface area contributed by atoms with Gasteiger partial charge in [0.15, 0.2) is 0 Å². The summed E-state index contributed by atoms with van der Waals surface area (Å²) in [5.74, 6) is 1.21. The molecule has 1 unspecified atom stereocenters. The number of benzene rings is 1. The van der Waals surface area contributed by atoms with E-state index < -0.39 is 5.60 Å². The van der Waals surface area contributed by atoms with Crippen molar-refractivity contribution in [2.45, 2.75) is 31.8 Å². The lowest BCUT2D eigenvalue weighted by Gasteiger charge is -2.33. The molecule has 88 valence electrons. The lowest BCUT2D eigenvalue weighted by atomic mass is 9.86. The maximum absolute atomic E-state index is 10.4. The molecule has 3 N–H and O–H groups in total. The standard InChI is InChI=1S/C13H19NO2/c1-9(2)10-3-4-12-11(7-10)13(15,8-14)5-6-16-12/h3-4,7,9,15H,5-6,8,14H2,1-2H3. The highest BCUT2D eigenvalue weighted by Crippen LogP contribution is 2.37. The molecule has 1 aliphatic rings. The first kappa shape index (κ1) is 11.4. The van der Waals surface area contributed by atoms with Crippen molar-refractivity contribution in [3.63, 3.8) is 0 Å². The maximum atomic E-state index is 10.4. The summed E-state index contributed by atoms with van der Waals surface area (Å²) in [6.45, 7) is 5.03. The summed E-state index contributed by atoms with van der Waals surface area (Å²) in [4.78, 5) is 0. The second-order valence-electron chi connectivity index (χ2n) is 4.74. The van der Waals surface area contributed by atoms with Gasteiger partial charge in [0.25, 0.3) is 0 Å². The summed E-state index contributed by atoms with van der Waals surface area (Å²) in [5.41, 5.74) is 6.80. The summed E-state index contributed by atoms with van der Waals surface area (Å²) >= 11 is 0. The molecule has 0 spiro atoms. The molecular weight excluding hydrogens is 202 g/mol. The average molecular weight is 221 g/mol. The first-order valence-electron chi connectivity index (χ1n) is 5.76. The molecule has 0 aliphatic carbocycles. The van der Waals surface area contributed by atoms with Crippen LogP contribution in [0.3, 0.4) is 0 Å². The van der Waals surface area contributed by atoms with Gasteiger partial charge in [-0.25, -0.2) is 0 Å². The molecule has 0 radical (unpaired) electrons. The molecule has 1 atom stereocenters. The fourth-order valence-corrected chi connectivity index (χ4v) is 2.07. The van der Waals surface area contributed by atoms with E-state index in [0.717, 1.165) is 11.3 Å². The molecule has 1 heterocycles. The Morgan fingerprint density at radius 1 is 1.50 bits per heavy atom. The van der Waals surface area contributed by atoms with Crippen molar-refractivity contribution in [3.05, 3.63) is 29.3 Å². The Morgan fingerprint density at radius 2 is 2.25 bits per heavy atom. The van der Waals surface area contributed by atoms with Crippen LogP contribution in [0.1, 0.15) is 37.3 Å². The minimum Gasteiger partial charge on any atom is -0.493 e. The van der Waals surface area contributed by atoms with Crippen LogP contribution in [-0.2, 0) is 5.60 Å². The number of hydrogen-bond acceptors (Lipinski definition) is 3. The molecule has 0 aromatic heterocycles. The van der Waals surface area contributed by atoms with Gasteiger partial charge in [0.2, 0.25) is 0 Å². The van der Waals surface area contributed by atoms with Gasteiger partial charge in [-0.1, -0.05) is 19.9 Å². The molecule has 2 rings (SSSR count). The van der Waals surface area contributed by atoms with Gasteiger partial charge in [0, 0.05) is 18.5 Å². The Bertz CT molecular complexity index is 390. The van der Waals surface area contributed by atoms with E-state index in [-0.39, 0.29) is 6.54 Å². The maximum Gasteiger partial charge on any atom is 0.125 e. The van der Waals surface area contributed by atoms with E-state index in [0.29, 0.717) is 18.9 Å². The zero-order valence-corrected chi connectivity index (χ0v) is 9.86. The molecule has 0 saturated carbocycles. The molecule has 1 aromatic carbocycles. The molecule has 0 amide bonds. The molecule has 3 heteroatoms. The number of nitrogens with two attached hydrogens (primary N) is 1.